The molecule has 16 heavy (non-hydrogen) atoms. The van der Waals surface area contributed by atoms with Crippen molar-refractivity contribution in [1.82, 2.24) is 5.32 Å². The average molecular weight is 297 g/mol. The van der Waals surface area contributed by atoms with E-state index >= 15 is 0 Å². The van der Waals surface area contributed by atoms with E-state index < -0.39 is 18.5 Å². The number of carbonyl (C=O) groups is 1. The number of hydrogen-bond donors (Lipinski definition) is 4. The summed E-state index contributed by atoms with van der Waals surface area (Å²) in [7, 11) is 0. The van der Waals surface area contributed by atoms with Gasteiger partial charge in [0.1, 0.15) is 6.04 Å². The molecule has 4 N–H and O–H groups in total. The Morgan fingerprint density at radius 3 is 2.25 bits per heavy atom. The first-order valence-corrected chi connectivity index (χ1v) is 6.78. The first-order chi connectivity index (χ1) is 5.88. The summed E-state index contributed by atoms with van der Waals surface area (Å²) < 4.78 is 0. The minimum atomic E-state index is -3.17. The smallest absolute Gasteiger partial charge is 1.00 e. The zero-order valence-corrected chi connectivity index (χ0v) is 17.6. The van der Waals surface area contributed by atoms with Crippen LogP contribution in [0.2, 0.25) is 0 Å². The van der Waals surface area contributed by atoms with Crippen LogP contribution in [0.25, 0.3) is 0 Å². The fourth-order valence-electron chi connectivity index (χ4n) is 1.47. The Labute approximate surface area is 171 Å². The first kappa shape index (κ1) is 24.0. The van der Waals surface area contributed by atoms with Gasteiger partial charge in [0.15, 0.2) is 6.49 Å². The van der Waals surface area contributed by atoms with Gasteiger partial charge in [-0.25, -0.2) is 0 Å². The van der Waals surface area contributed by atoms with Crippen molar-refractivity contribution < 1.29 is 113 Å². The van der Waals surface area contributed by atoms with Gasteiger partial charge in [-0.3, -0.25) is 4.79 Å². The van der Waals surface area contributed by atoms with Crippen molar-refractivity contribution in [2.24, 2.45) is 5.92 Å². The fraction of sp³-hybridized carbons (Fsp3) is 0.833. The molecule has 2 atom stereocenters. The molecule has 1 unspecified atom stereocenters. The van der Waals surface area contributed by atoms with E-state index in [9.17, 15) is 4.79 Å². The van der Waals surface area contributed by atoms with E-state index in [1.807, 2.05) is 0 Å². The number of nitrogens with one attached hydrogen (secondary N) is 1. The Morgan fingerprint density at radius 1 is 1.44 bits per heavy atom. The molecule has 5 nitrogen and oxygen atoms in total. The van der Waals surface area contributed by atoms with E-state index in [0.29, 0.717) is 13.0 Å². The molecule has 1 fully saturated rings. The van der Waals surface area contributed by atoms with Gasteiger partial charge in [-0.05, 0) is 30.7 Å². The molecular formula is C6H15NNa3O4PS. The zero-order valence-electron chi connectivity index (χ0n) is 12.9. The van der Waals surface area contributed by atoms with Gasteiger partial charge in [0, 0.05) is 6.16 Å². The van der Waals surface area contributed by atoms with E-state index in [1.54, 1.807) is 0 Å². The van der Waals surface area contributed by atoms with E-state index in [2.05, 4.69) is 17.1 Å². The van der Waals surface area contributed by atoms with Crippen LogP contribution in [0.1, 0.15) is 10.7 Å². The third-order valence-electron chi connectivity index (χ3n) is 2.02. The molecule has 82 valence electrons. The van der Waals surface area contributed by atoms with E-state index in [0.717, 1.165) is 0 Å². The SMILES string of the molecule is O=C(O)[C@@H]1CC(CP(O)(O)=S)CN1.[H-].[H-].[H-].[Na+].[Na+].[Na+]. The Kier molecular flexibility index (Phi) is 16.2. The van der Waals surface area contributed by atoms with Crippen molar-refractivity contribution in [3.8, 4) is 0 Å². The maximum atomic E-state index is 10.5. The monoisotopic (exact) mass is 297 g/mol. The number of aliphatic carboxylic acids is 1. The molecular weight excluding hydrogens is 282 g/mol. The van der Waals surface area contributed by atoms with Crippen molar-refractivity contribution in [3.05, 3.63) is 0 Å². The Morgan fingerprint density at radius 2 is 1.94 bits per heavy atom. The number of rotatable bonds is 3. The van der Waals surface area contributed by atoms with Crippen LogP contribution in [0.4, 0.5) is 0 Å². The average Bonchev–Trinajstić information content (AvgIpc) is 2.31. The largest absolute Gasteiger partial charge is 1.00 e. The predicted octanol–water partition coefficient (Wildman–Crippen LogP) is -9.31. The summed E-state index contributed by atoms with van der Waals surface area (Å²) in [5.74, 6) is -0.923. The minimum Gasteiger partial charge on any atom is -1.00 e. The van der Waals surface area contributed by atoms with Crippen LogP contribution in [0, 0.1) is 5.92 Å². The van der Waals surface area contributed by atoms with Crippen molar-refractivity contribution in [2.45, 2.75) is 12.5 Å². The van der Waals surface area contributed by atoms with Gasteiger partial charge in [0.2, 0.25) is 0 Å². The molecule has 0 bridgehead atoms. The first-order valence-electron chi connectivity index (χ1n) is 3.89. The Balaban J connectivity index is -0.0000000704. The van der Waals surface area contributed by atoms with Crippen LogP contribution in [0.3, 0.4) is 0 Å². The van der Waals surface area contributed by atoms with Gasteiger partial charge in [-0.1, -0.05) is 0 Å². The number of carboxylic acids is 1. The molecule has 1 aliphatic heterocycles. The van der Waals surface area contributed by atoms with Crippen LogP contribution < -0.4 is 94.0 Å². The van der Waals surface area contributed by atoms with Crippen LogP contribution in [-0.4, -0.2) is 39.6 Å². The standard InChI is InChI=1S/C6H12NO4PS.3Na.3H/c8-6(9)5-1-4(2-7-5)3-12(10,11)13;;;;;;/h4-5,7H,1-3H2,(H,8,9)(H2,10,11,13);;;;;;/q;3*+1;3*-1/t4?,5-;;;;;;/m0....../s1. The van der Waals surface area contributed by atoms with Crippen molar-refractivity contribution in [3.63, 3.8) is 0 Å². The van der Waals surface area contributed by atoms with E-state index in [4.69, 9.17) is 14.9 Å². The molecule has 0 spiro atoms. The maximum Gasteiger partial charge on any atom is 1.00 e. The van der Waals surface area contributed by atoms with Crippen LogP contribution in [0.15, 0.2) is 0 Å². The molecule has 1 rings (SSSR count). The van der Waals surface area contributed by atoms with Crippen molar-refractivity contribution >= 4 is 24.3 Å². The fourth-order valence-corrected chi connectivity index (χ4v) is 3.06. The second-order valence-corrected chi connectivity index (χ2v) is 6.70. The maximum absolute atomic E-state index is 10.5. The van der Waals surface area contributed by atoms with Gasteiger partial charge in [-0.15, -0.1) is 0 Å². The topological polar surface area (TPSA) is 89.8 Å². The van der Waals surface area contributed by atoms with E-state index in [1.165, 1.54) is 0 Å². The molecule has 0 saturated carbocycles. The summed E-state index contributed by atoms with van der Waals surface area (Å²) in [6, 6.07) is -0.563. The number of carboxylic acid groups (broad SMARTS) is 1. The Bertz CT molecular complexity index is 276. The summed E-state index contributed by atoms with van der Waals surface area (Å²) in [5, 5.41) is 11.4. The van der Waals surface area contributed by atoms with Gasteiger partial charge < -0.3 is 24.5 Å². The summed E-state index contributed by atoms with van der Waals surface area (Å²) in [6.45, 7) is -2.67. The van der Waals surface area contributed by atoms with Crippen LogP contribution in [0.5, 0.6) is 0 Å². The molecule has 0 aromatic rings. The molecule has 1 aliphatic rings. The third-order valence-corrected chi connectivity index (χ3v) is 3.46. The molecule has 1 heterocycles. The molecule has 0 aromatic heterocycles. The predicted molar refractivity (Wildman–Crippen MR) is 54.5 cm³/mol. The van der Waals surface area contributed by atoms with Gasteiger partial charge in [0.25, 0.3) is 0 Å². The normalized spacial score (nSPS) is 23.6. The molecule has 0 amide bonds. The Hall–Kier alpha value is 3.00. The van der Waals surface area contributed by atoms with Gasteiger partial charge in [0.05, 0.1) is 0 Å². The third kappa shape index (κ3) is 9.87. The van der Waals surface area contributed by atoms with Crippen molar-refractivity contribution in [1.29, 1.82) is 0 Å². The van der Waals surface area contributed by atoms with Crippen molar-refractivity contribution in [2.75, 3.05) is 12.7 Å². The van der Waals surface area contributed by atoms with E-state index in [-0.39, 0.29) is 105 Å². The quantitative estimate of drug-likeness (QED) is 0.306. The molecule has 10 heteroatoms. The molecule has 0 aromatic carbocycles. The second kappa shape index (κ2) is 10.7. The molecule has 1 saturated heterocycles. The molecule has 0 radical (unpaired) electrons. The van der Waals surface area contributed by atoms with Gasteiger partial charge >= 0.3 is 94.6 Å². The summed E-state index contributed by atoms with van der Waals surface area (Å²) in [4.78, 5) is 28.5. The minimum absolute atomic E-state index is 0. The number of hydrogen-bond acceptors (Lipinski definition) is 3. The van der Waals surface area contributed by atoms with Crippen LogP contribution >= 0.6 is 6.49 Å². The summed E-state index contributed by atoms with van der Waals surface area (Å²) in [5.41, 5.74) is 0. The summed E-state index contributed by atoms with van der Waals surface area (Å²) in [6.07, 6.45) is 0.563. The van der Waals surface area contributed by atoms with Crippen LogP contribution in [-0.2, 0) is 16.6 Å². The molecule has 0 aliphatic carbocycles. The zero-order chi connectivity index (χ0) is 10.1. The summed E-state index contributed by atoms with van der Waals surface area (Å²) >= 11 is 4.47. The van der Waals surface area contributed by atoms with Gasteiger partial charge in [-0.2, -0.15) is 0 Å². The second-order valence-electron chi connectivity index (χ2n) is 3.25.